The number of phenols is 1. The molecule has 0 aliphatic heterocycles. The molecule has 0 bridgehead atoms. The highest BCUT2D eigenvalue weighted by atomic mass is 127. The Labute approximate surface area is 91.6 Å². The first kappa shape index (κ1) is 10.5. The predicted octanol–water partition coefficient (Wildman–Crippen LogP) is 2.49. The molecule has 1 atom stereocenters. The van der Waals surface area contributed by atoms with E-state index in [9.17, 15) is 5.11 Å². The van der Waals surface area contributed by atoms with E-state index in [4.69, 9.17) is 5.73 Å². The van der Waals surface area contributed by atoms with Crippen LogP contribution in [-0.2, 0) is 0 Å². The van der Waals surface area contributed by atoms with Gasteiger partial charge in [-0.15, -0.1) is 6.58 Å². The summed E-state index contributed by atoms with van der Waals surface area (Å²) in [5, 5.41) is 9.69. The number of benzene rings is 1. The third kappa shape index (κ3) is 2.22. The molecule has 3 N–H and O–H groups in total. The zero-order chi connectivity index (χ0) is 10.0. The molecule has 13 heavy (non-hydrogen) atoms. The average Bonchev–Trinajstić information content (AvgIpc) is 2.10. The lowest BCUT2D eigenvalue weighted by atomic mass is 10.0. The molecule has 1 aromatic rings. The van der Waals surface area contributed by atoms with E-state index < -0.39 is 0 Å². The maximum absolute atomic E-state index is 9.69. The number of hydrogen-bond acceptors (Lipinski definition) is 2. The smallest absolute Gasteiger partial charge is 0.123 e. The summed E-state index contributed by atoms with van der Waals surface area (Å²) in [7, 11) is 0. The molecule has 0 saturated heterocycles. The second-order valence-electron chi connectivity index (χ2n) is 2.92. The summed E-state index contributed by atoms with van der Waals surface area (Å²) in [4.78, 5) is 0. The van der Waals surface area contributed by atoms with Crippen molar-refractivity contribution in [3.05, 3.63) is 39.5 Å². The maximum Gasteiger partial charge on any atom is 0.123 e. The maximum atomic E-state index is 9.69. The molecular formula is C10H12INO. The summed E-state index contributed by atoms with van der Waals surface area (Å²) in [6, 6.07) is 3.48. The Balaban J connectivity index is 3.27. The molecule has 1 rings (SSSR count). The lowest BCUT2D eigenvalue weighted by Crippen LogP contribution is -2.07. The first-order valence-corrected chi connectivity index (χ1v) is 5.01. The number of halogens is 1. The van der Waals surface area contributed by atoms with Gasteiger partial charge in [-0.3, -0.25) is 0 Å². The number of aryl methyl sites for hydroxylation is 1. The van der Waals surface area contributed by atoms with E-state index in [1.165, 1.54) is 0 Å². The first-order valence-electron chi connectivity index (χ1n) is 3.93. The standard InChI is InChI=1S/C10H12INO/c1-3-9(12)8-5-7(11)4-6(2)10(8)13/h3-5,9,13H,1,12H2,2H3. The van der Waals surface area contributed by atoms with Gasteiger partial charge in [0.2, 0.25) is 0 Å². The summed E-state index contributed by atoms with van der Waals surface area (Å²) in [6.45, 7) is 5.46. The van der Waals surface area contributed by atoms with E-state index in [1.807, 2.05) is 19.1 Å². The van der Waals surface area contributed by atoms with Gasteiger partial charge in [-0.05, 0) is 47.2 Å². The van der Waals surface area contributed by atoms with Crippen LogP contribution < -0.4 is 5.73 Å². The van der Waals surface area contributed by atoms with Crippen molar-refractivity contribution in [2.24, 2.45) is 5.73 Å². The highest BCUT2D eigenvalue weighted by molar-refractivity contribution is 14.1. The number of rotatable bonds is 2. The molecule has 0 aliphatic carbocycles. The SMILES string of the molecule is C=CC(N)c1cc(I)cc(C)c1O. The van der Waals surface area contributed by atoms with Crippen molar-refractivity contribution in [3.63, 3.8) is 0 Å². The Morgan fingerprint density at radius 1 is 1.62 bits per heavy atom. The lowest BCUT2D eigenvalue weighted by Gasteiger charge is -2.11. The quantitative estimate of drug-likeness (QED) is 0.649. The van der Waals surface area contributed by atoms with E-state index in [2.05, 4.69) is 29.2 Å². The van der Waals surface area contributed by atoms with Crippen LogP contribution >= 0.6 is 22.6 Å². The van der Waals surface area contributed by atoms with Gasteiger partial charge in [-0.25, -0.2) is 0 Å². The van der Waals surface area contributed by atoms with Gasteiger partial charge in [0, 0.05) is 9.13 Å². The first-order chi connectivity index (χ1) is 6.06. The van der Waals surface area contributed by atoms with E-state index in [0.29, 0.717) is 0 Å². The second kappa shape index (κ2) is 4.11. The van der Waals surface area contributed by atoms with Crippen molar-refractivity contribution < 1.29 is 5.11 Å². The van der Waals surface area contributed by atoms with Crippen LogP contribution in [-0.4, -0.2) is 5.11 Å². The zero-order valence-electron chi connectivity index (χ0n) is 7.42. The molecule has 1 unspecified atom stereocenters. The summed E-state index contributed by atoms with van der Waals surface area (Å²) >= 11 is 2.20. The van der Waals surface area contributed by atoms with Gasteiger partial charge in [0.1, 0.15) is 5.75 Å². The molecule has 0 heterocycles. The van der Waals surface area contributed by atoms with E-state index in [-0.39, 0.29) is 11.8 Å². The van der Waals surface area contributed by atoms with Gasteiger partial charge in [0.05, 0.1) is 6.04 Å². The number of aromatic hydroxyl groups is 1. The van der Waals surface area contributed by atoms with Crippen LogP contribution in [0.5, 0.6) is 5.75 Å². The van der Waals surface area contributed by atoms with E-state index in [1.54, 1.807) is 6.08 Å². The largest absolute Gasteiger partial charge is 0.507 e. The fraction of sp³-hybridized carbons (Fsp3) is 0.200. The third-order valence-electron chi connectivity index (χ3n) is 1.91. The van der Waals surface area contributed by atoms with Gasteiger partial charge in [0.15, 0.2) is 0 Å². The summed E-state index contributed by atoms with van der Waals surface area (Å²) in [5.74, 6) is 0.271. The second-order valence-corrected chi connectivity index (χ2v) is 4.17. The fourth-order valence-corrected chi connectivity index (χ4v) is 1.95. The number of phenolic OH excluding ortho intramolecular Hbond substituents is 1. The topological polar surface area (TPSA) is 46.2 Å². The van der Waals surface area contributed by atoms with Crippen molar-refractivity contribution >= 4 is 22.6 Å². The monoisotopic (exact) mass is 289 g/mol. The summed E-state index contributed by atoms with van der Waals surface area (Å²) < 4.78 is 1.07. The van der Waals surface area contributed by atoms with Crippen molar-refractivity contribution in [1.29, 1.82) is 0 Å². The third-order valence-corrected chi connectivity index (χ3v) is 2.53. The van der Waals surface area contributed by atoms with Crippen LogP contribution in [0.3, 0.4) is 0 Å². The molecule has 0 aliphatic rings. The van der Waals surface area contributed by atoms with Crippen LogP contribution in [0.1, 0.15) is 17.2 Å². The van der Waals surface area contributed by atoms with E-state index in [0.717, 1.165) is 14.7 Å². The molecule has 2 nitrogen and oxygen atoms in total. The van der Waals surface area contributed by atoms with Crippen LogP contribution in [0.25, 0.3) is 0 Å². The predicted molar refractivity (Wildman–Crippen MR) is 62.7 cm³/mol. The van der Waals surface area contributed by atoms with Gasteiger partial charge in [-0.2, -0.15) is 0 Å². The fourth-order valence-electron chi connectivity index (χ4n) is 1.14. The molecular weight excluding hydrogens is 277 g/mol. The Hall–Kier alpha value is -0.550. The van der Waals surface area contributed by atoms with Crippen molar-refractivity contribution in [2.75, 3.05) is 0 Å². The minimum Gasteiger partial charge on any atom is -0.507 e. The molecule has 3 heteroatoms. The van der Waals surface area contributed by atoms with Crippen LogP contribution in [0, 0.1) is 10.5 Å². The highest BCUT2D eigenvalue weighted by Gasteiger charge is 2.10. The van der Waals surface area contributed by atoms with Crippen LogP contribution in [0.2, 0.25) is 0 Å². The van der Waals surface area contributed by atoms with Gasteiger partial charge >= 0.3 is 0 Å². The summed E-state index contributed by atoms with van der Waals surface area (Å²) in [5.41, 5.74) is 7.33. The Morgan fingerprint density at radius 2 is 2.23 bits per heavy atom. The molecule has 0 fully saturated rings. The number of hydrogen-bond donors (Lipinski definition) is 2. The lowest BCUT2D eigenvalue weighted by molar-refractivity contribution is 0.461. The highest BCUT2D eigenvalue weighted by Crippen LogP contribution is 2.29. The minimum atomic E-state index is -0.298. The Morgan fingerprint density at radius 3 is 2.77 bits per heavy atom. The molecule has 0 saturated carbocycles. The Bertz CT molecular complexity index is 336. The molecule has 70 valence electrons. The van der Waals surface area contributed by atoms with Crippen LogP contribution in [0.4, 0.5) is 0 Å². The zero-order valence-corrected chi connectivity index (χ0v) is 9.58. The van der Waals surface area contributed by atoms with Crippen molar-refractivity contribution in [3.8, 4) is 5.75 Å². The molecule has 0 spiro atoms. The Kier molecular flexibility index (Phi) is 3.33. The van der Waals surface area contributed by atoms with Crippen molar-refractivity contribution in [1.82, 2.24) is 0 Å². The van der Waals surface area contributed by atoms with Gasteiger partial charge in [0.25, 0.3) is 0 Å². The van der Waals surface area contributed by atoms with Gasteiger partial charge < -0.3 is 10.8 Å². The average molecular weight is 289 g/mol. The normalized spacial score (nSPS) is 12.5. The van der Waals surface area contributed by atoms with Crippen molar-refractivity contribution in [2.45, 2.75) is 13.0 Å². The van der Waals surface area contributed by atoms with Crippen LogP contribution in [0.15, 0.2) is 24.8 Å². The number of nitrogens with two attached hydrogens (primary N) is 1. The molecule has 1 aromatic carbocycles. The molecule has 0 radical (unpaired) electrons. The molecule has 0 amide bonds. The minimum absolute atomic E-state index is 0.271. The van der Waals surface area contributed by atoms with Gasteiger partial charge in [-0.1, -0.05) is 6.08 Å². The van der Waals surface area contributed by atoms with E-state index >= 15 is 0 Å². The summed E-state index contributed by atoms with van der Waals surface area (Å²) in [6.07, 6.45) is 1.62. The molecule has 0 aromatic heterocycles.